The molecule has 0 aliphatic heterocycles. The van der Waals surface area contributed by atoms with Crippen LogP contribution in [0, 0.1) is 5.82 Å². The van der Waals surface area contributed by atoms with Crippen LogP contribution in [-0.2, 0) is 10.0 Å². The normalized spacial score (nSPS) is 13.5. The first kappa shape index (κ1) is 16.6. The highest BCUT2D eigenvalue weighted by atomic mass is 32.2. The molecule has 0 saturated carbocycles. The van der Waals surface area contributed by atoms with Crippen LogP contribution in [0.1, 0.15) is 25.5 Å². The third kappa shape index (κ3) is 2.81. The summed E-state index contributed by atoms with van der Waals surface area (Å²) in [7, 11) is -3.73. The maximum absolute atomic E-state index is 13.2. The van der Waals surface area contributed by atoms with Gasteiger partial charge in [0, 0.05) is 18.0 Å². The molecule has 1 aromatic heterocycles. The molecule has 7 heteroatoms. The van der Waals surface area contributed by atoms with Crippen molar-refractivity contribution in [2.45, 2.75) is 24.8 Å². The average Bonchev–Trinajstić information content (AvgIpc) is 3.04. The lowest BCUT2D eigenvalue weighted by Crippen LogP contribution is -2.33. The number of aromatic amines is 1. The zero-order valence-electron chi connectivity index (χ0n) is 13.4. The number of halogens is 1. The molecule has 1 N–H and O–H groups in total. The summed E-state index contributed by atoms with van der Waals surface area (Å²) in [4.78, 5) is 0.213. The van der Waals surface area contributed by atoms with Crippen LogP contribution >= 0.6 is 0 Å². The van der Waals surface area contributed by atoms with E-state index in [4.69, 9.17) is 0 Å². The van der Waals surface area contributed by atoms with E-state index in [0.717, 1.165) is 5.56 Å². The number of hydrogen-bond acceptors (Lipinski definition) is 3. The van der Waals surface area contributed by atoms with Gasteiger partial charge in [0.05, 0.1) is 16.6 Å². The van der Waals surface area contributed by atoms with Gasteiger partial charge >= 0.3 is 0 Å². The monoisotopic (exact) mass is 347 g/mol. The van der Waals surface area contributed by atoms with E-state index in [0.29, 0.717) is 17.4 Å². The smallest absolute Gasteiger partial charge is 0.244 e. The Labute approximate surface area is 140 Å². The second kappa shape index (κ2) is 6.33. The van der Waals surface area contributed by atoms with Crippen molar-refractivity contribution in [1.82, 2.24) is 14.5 Å². The molecule has 3 rings (SSSR count). The molecule has 0 bridgehead atoms. The molecule has 3 aromatic rings. The van der Waals surface area contributed by atoms with Gasteiger partial charge in [-0.3, -0.25) is 5.10 Å². The van der Waals surface area contributed by atoms with Gasteiger partial charge in [-0.1, -0.05) is 25.1 Å². The van der Waals surface area contributed by atoms with E-state index in [1.54, 1.807) is 44.2 Å². The molecule has 0 radical (unpaired) electrons. The first-order valence-corrected chi connectivity index (χ1v) is 9.08. The highest BCUT2D eigenvalue weighted by Crippen LogP contribution is 2.30. The van der Waals surface area contributed by atoms with E-state index in [-0.39, 0.29) is 10.7 Å². The quantitative estimate of drug-likeness (QED) is 0.768. The molecule has 0 amide bonds. The fraction of sp³-hybridized carbons (Fsp3) is 0.235. The minimum atomic E-state index is -3.73. The number of fused-ring (bicyclic) bond motifs is 1. The Bertz CT molecular complexity index is 951. The third-order valence-electron chi connectivity index (χ3n) is 4.13. The van der Waals surface area contributed by atoms with Crippen molar-refractivity contribution in [2.75, 3.05) is 6.54 Å². The van der Waals surface area contributed by atoms with Gasteiger partial charge < -0.3 is 0 Å². The van der Waals surface area contributed by atoms with Crippen molar-refractivity contribution < 1.29 is 12.8 Å². The minimum Gasteiger partial charge on any atom is -0.278 e. The maximum Gasteiger partial charge on any atom is 0.244 e. The lowest BCUT2D eigenvalue weighted by atomic mass is 10.1. The fourth-order valence-electron chi connectivity index (χ4n) is 2.85. The Kier molecular flexibility index (Phi) is 4.38. The van der Waals surface area contributed by atoms with Crippen LogP contribution in [0.5, 0.6) is 0 Å². The van der Waals surface area contributed by atoms with E-state index in [1.165, 1.54) is 22.6 Å². The van der Waals surface area contributed by atoms with Gasteiger partial charge in [0.25, 0.3) is 0 Å². The number of benzene rings is 2. The zero-order valence-corrected chi connectivity index (χ0v) is 14.2. The van der Waals surface area contributed by atoms with Crippen molar-refractivity contribution in [1.29, 1.82) is 0 Å². The van der Waals surface area contributed by atoms with Gasteiger partial charge in [-0.15, -0.1) is 0 Å². The van der Waals surface area contributed by atoms with Gasteiger partial charge in [-0.25, -0.2) is 12.8 Å². The van der Waals surface area contributed by atoms with Crippen LogP contribution in [-0.4, -0.2) is 29.5 Å². The molecule has 2 aromatic carbocycles. The van der Waals surface area contributed by atoms with Gasteiger partial charge in [0.15, 0.2) is 0 Å². The molecule has 0 unspecified atom stereocenters. The maximum atomic E-state index is 13.2. The van der Waals surface area contributed by atoms with Crippen LogP contribution < -0.4 is 0 Å². The van der Waals surface area contributed by atoms with E-state index in [1.807, 2.05) is 0 Å². The number of rotatable bonds is 5. The molecule has 0 aliphatic rings. The van der Waals surface area contributed by atoms with Crippen LogP contribution in [0.2, 0.25) is 0 Å². The number of H-pyrrole nitrogens is 1. The first-order valence-electron chi connectivity index (χ1n) is 7.64. The van der Waals surface area contributed by atoms with Gasteiger partial charge in [-0.05, 0) is 36.8 Å². The molecular weight excluding hydrogens is 329 g/mol. The Hall–Kier alpha value is -2.25. The lowest BCUT2D eigenvalue weighted by Gasteiger charge is -2.27. The predicted molar refractivity (Wildman–Crippen MR) is 90.5 cm³/mol. The summed E-state index contributed by atoms with van der Waals surface area (Å²) in [6, 6.07) is 10.5. The Morgan fingerprint density at radius 3 is 2.58 bits per heavy atom. The first-order chi connectivity index (χ1) is 11.4. The van der Waals surface area contributed by atoms with Crippen molar-refractivity contribution in [3.05, 3.63) is 60.0 Å². The summed E-state index contributed by atoms with van der Waals surface area (Å²) in [6.45, 7) is 3.88. The summed E-state index contributed by atoms with van der Waals surface area (Å²) >= 11 is 0. The highest BCUT2D eigenvalue weighted by Gasteiger charge is 2.30. The van der Waals surface area contributed by atoms with Crippen molar-refractivity contribution in [3.8, 4) is 0 Å². The molecule has 0 aliphatic carbocycles. The predicted octanol–water partition coefficient (Wildman–Crippen LogP) is 3.47. The van der Waals surface area contributed by atoms with Gasteiger partial charge in [0.2, 0.25) is 10.0 Å². The summed E-state index contributed by atoms with van der Waals surface area (Å²) < 4.78 is 40.9. The van der Waals surface area contributed by atoms with Crippen LogP contribution in [0.25, 0.3) is 10.9 Å². The molecule has 0 spiro atoms. The number of sulfonamides is 1. The second-order valence-electron chi connectivity index (χ2n) is 5.52. The van der Waals surface area contributed by atoms with Crippen LogP contribution in [0.4, 0.5) is 4.39 Å². The molecule has 0 fully saturated rings. The Balaban J connectivity index is 2.06. The molecule has 1 heterocycles. The van der Waals surface area contributed by atoms with Gasteiger partial charge in [0.1, 0.15) is 5.82 Å². The SMILES string of the molecule is CCN([C@@H](C)c1ccc(F)cc1)S(=O)(=O)c1cccc2[nH]ncc12. The Morgan fingerprint density at radius 1 is 1.21 bits per heavy atom. The molecule has 1 atom stereocenters. The number of aromatic nitrogens is 2. The van der Waals surface area contributed by atoms with E-state index < -0.39 is 16.1 Å². The number of nitrogens with zero attached hydrogens (tertiary/aromatic N) is 2. The van der Waals surface area contributed by atoms with E-state index in [9.17, 15) is 12.8 Å². The fourth-order valence-corrected chi connectivity index (χ4v) is 4.67. The highest BCUT2D eigenvalue weighted by molar-refractivity contribution is 7.89. The number of nitrogens with one attached hydrogen (secondary N) is 1. The molecule has 24 heavy (non-hydrogen) atoms. The molecular formula is C17H18FN3O2S. The Morgan fingerprint density at radius 2 is 1.92 bits per heavy atom. The number of hydrogen-bond donors (Lipinski definition) is 1. The van der Waals surface area contributed by atoms with Gasteiger partial charge in [-0.2, -0.15) is 9.40 Å². The minimum absolute atomic E-state index is 0.213. The van der Waals surface area contributed by atoms with Crippen LogP contribution in [0.15, 0.2) is 53.6 Å². The van der Waals surface area contributed by atoms with E-state index in [2.05, 4.69) is 10.2 Å². The second-order valence-corrected chi connectivity index (χ2v) is 7.38. The van der Waals surface area contributed by atoms with Crippen LogP contribution in [0.3, 0.4) is 0 Å². The van der Waals surface area contributed by atoms with Crippen molar-refractivity contribution in [2.24, 2.45) is 0 Å². The topological polar surface area (TPSA) is 66.1 Å². The summed E-state index contributed by atoms with van der Waals surface area (Å²) in [5.74, 6) is -0.347. The average molecular weight is 347 g/mol. The van der Waals surface area contributed by atoms with Crippen molar-refractivity contribution in [3.63, 3.8) is 0 Å². The molecule has 5 nitrogen and oxygen atoms in total. The summed E-state index contributed by atoms with van der Waals surface area (Å²) in [5.41, 5.74) is 1.41. The standard InChI is InChI=1S/C17H18FN3O2S/c1-3-21(12(2)13-7-9-14(18)10-8-13)24(22,23)17-6-4-5-16-15(17)11-19-20-16/h4-12H,3H2,1-2H3,(H,19,20)/t12-/m0/s1. The summed E-state index contributed by atoms with van der Waals surface area (Å²) in [6.07, 6.45) is 1.51. The zero-order chi connectivity index (χ0) is 17.3. The molecule has 126 valence electrons. The van der Waals surface area contributed by atoms with E-state index >= 15 is 0 Å². The lowest BCUT2D eigenvalue weighted by molar-refractivity contribution is 0.357. The third-order valence-corrected chi connectivity index (χ3v) is 6.23. The largest absolute Gasteiger partial charge is 0.278 e. The molecule has 0 saturated heterocycles. The van der Waals surface area contributed by atoms with Crippen molar-refractivity contribution >= 4 is 20.9 Å². The summed E-state index contributed by atoms with van der Waals surface area (Å²) in [5, 5.41) is 7.26.